The lowest BCUT2D eigenvalue weighted by atomic mass is 10.1. The summed E-state index contributed by atoms with van der Waals surface area (Å²) in [4.78, 5) is 12.3. The summed E-state index contributed by atoms with van der Waals surface area (Å²) < 4.78 is 69.7. The van der Waals surface area contributed by atoms with Gasteiger partial charge in [0.1, 0.15) is 0 Å². The van der Waals surface area contributed by atoms with Crippen LogP contribution in [0.5, 0.6) is 0 Å². The Morgan fingerprint density at radius 3 is 2.34 bits per heavy atom. The van der Waals surface area contributed by atoms with Crippen LogP contribution in [0.4, 0.5) is 18.9 Å². The molecule has 1 fully saturated rings. The molecular weight excluding hydrogens is 409 g/mol. The maximum absolute atomic E-state index is 12.8. The minimum absolute atomic E-state index is 0.0174. The van der Waals surface area contributed by atoms with Crippen molar-refractivity contribution in [3.63, 3.8) is 0 Å². The summed E-state index contributed by atoms with van der Waals surface area (Å²) in [7, 11) is -3.49. The molecular formula is C19H19F3N2O4S. The molecule has 0 bridgehead atoms. The number of sulfonamides is 1. The highest BCUT2D eigenvalue weighted by atomic mass is 32.2. The Kier molecular flexibility index (Phi) is 6.25. The van der Waals surface area contributed by atoms with Gasteiger partial charge in [-0.15, -0.1) is 0 Å². The van der Waals surface area contributed by atoms with Crippen molar-refractivity contribution in [2.45, 2.75) is 11.9 Å². The largest absolute Gasteiger partial charge is 0.416 e. The average molecular weight is 428 g/mol. The molecule has 1 aliphatic rings. The van der Waals surface area contributed by atoms with Crippen LogP contribution in [0.25, 0.3) is 0 Å². The van der Waals surface area contributed by atoms with Crippen LogP contribution in [-0.4, -0.2) is 44.9 Å². The Morgan fingerprint density at radius 2 is 1.72 bits per heavy atom. The second-order valence-electron chi connectivity index (χ2n) is 6.50. The summed E-state index contributed by atoms with van der Waals surface area (Å²) in [5.74, 6) is -0.797. The second kappa shape index (κ2) is 8.52. The quantitative estimate of drug-likeness (QED) is 0.794. The van der Waals surface area contributed by atoms with Crippen molar-refractivity contribution in [2.24, 2.45) is 0 Å². The minimum atomic E-state index is -4.51. The first-order valence-corrected chi connectivity index (χ1v) is 10.4. The van der Waals surface area contributed by atoms with Crippen LogP contribution in [0.3, 0.4) is 0 Å². The van der Waals surface area contributed by atoms with Gasteiger partial charge in [0.2, 0.25) is 10.0 Å². The number of ether oxygens (including phenoxy) is 1. The van der Waals surface area contributed by atoms with Gasteiger partial charge in [-0.25, -0.2) is 8.42 Å². The number of rotatable bonds is 5. The van der Waals surface area contributed by atoms with E-state index in [2.05, 4.69) is 5.32 Å². The fraction of sp³-hybridized carbons (Fsp3) is 0.316. The molecule has 1 N–H and O–H groups in total. The van der Waals surface area contributed by atoms with E-state index in [1.807, 2.05) is 0 Å². The van der Waals surface area contributed by atoms with Gasteiger partial charge in [-0.05, 0) is 35.9 Å². The molecule has 0 aliphatic carbocycles. The van der Waals surface area contributed by atoms with E-state index in [0.29, 0.717) is 31.9 Å². The van der Waals surface area contributed by atoms with Crippen LogP contribution in [-0.2, 0) is 26.7 Å². The molecule has 29 heavy (non-hydrogen) atoms. The van der Waals surface area contributed by atoms with E-state index in [1.54, 1.807) is 0 Å². The number of hydrogen-bond acceptors (Lipinski definition) is 4. The summed E-state index contributed by atoms with van der Waals surface area (Å²) in [6.45, 7) is 1.32. The molecule has 0 spiro atoms. The van der Waals surface area contributed by atoms with Crippen molar-refractivity contribution in [3.05, 3.63) is 65.2 Å². The molecule has 1 aliphatic heterocycles. The van der Waals surface area contributed by atoms with Gasteiger partial charge in [0, 0.05) is 24.3 Å². The number of carbonyl (C=O) groups is 1. The molecule has 6 nitrogen and oxygen atoms in total. The van der Waals surface area contributed by atoms with Crippen molar-refractivity contribution >= 4 is 21.6 Å². The smallest absolute Gasteiger partial charge is 0.379 e. The molecule has 3 rings (SSSR count). The third-order valence-electron chi connectivity index (χ3n) is 4.38. The minimum Gasteiger partial charge on any atom is -0.379 e. The number of benzene rings is 2. The third-order valence-corrected chi connectivity index (χ3v) is 6.23. The fourth-order valence-corrected chi connectivity index (χ4v) is 4.36. The highest BCUT2D eigenvalue weighted by Gasteiger charge is 2.30. The summed E-state index contributed by atoms with van der Waals surface area (Å²) in [5, 5.41) is 2.41. The molecule has 156 valence electrons. The maximum Gasteiger partial charge on any atom is 0.416 e. The van der Waals surface area contributed by atoms with E-state index < -0.39 is 27.7 Å². The summed E-state index contributed by atoms with van der Waals surface area (Å²) >= 11 is 0. The van der Waals surface area contributed by atoms with E-state index >= 15 is 0 Å². The predicted octanol–water partition coefficient (Wildman–Crippen LogP) is 3.12. The summed E-state index contributed by atoms with van der Waals surface area (Å²) in [5.41, 5.74) is -0.134. The Balaban J connectivity index is 1.66. The van der Waals surface area contributed by atoms with Crippen molar-refractivity contribution in [1.29, 1.82) is 0 Å². The van der Waals surface area contributed by atoms with E-state index in [1.165, 1.54) is 40.7 Å². The van der Waals surface area contributed by atoms with Crippen molar-refractivity contribution in [2.75, 3.05) is 31.6 Å². The zero-order chi connectivity index (χ0) is 21.1. The number of hydrogen-bond donors (Lipinski definition) is 1. The summed E-state index contributed by atoms with van der Waals surface area (Å²) in [6.07, 6.45) is -4.51. The fourth-order valence-electron chi connectivity index (χ4n) is 2.86. The number of nitrogens with zero attached hydrogens (tertiary/aromatic N) is 1. The van der Waals surface area contributed by atoms with Gasteiger partial charge in [0.15, 0.2) is 0 Å². The zero-order valence-corrected chi connectivity index (χ0v) is 16.1. The monoisotopic (exact) mass is 428 g/mol. The van der Waals surface area contributed by atoms with Crippen LogP contribution < -0.4 is 5.32 Å². The van der Waals surface area contributed by atoms with Crippen molar-refractivity contribution in [1.82, 2.24) is 4.31 Å². The van der Waals surface area contributed by atoms with Crippen LogP contribution in [0, 0.1) is 0 Å². The number of morpholine rings is 1. The number of amides is 1. The van der Waals surface area contributed by atoms with Crippen molar-refractivity contribution in [3.8, 4) is 0 Å². The highest BCUT2D eigenvalue weighted by Crippen LogP contribution is 2.30. The first kappa shape index (κ1) is 21.3. The number of anilines is 1. The number of halogens is 3. The van der Waals surface area contributed by atoms with Gasteiger partial charge in [0.05, 0.1) is 24.5 Å². The van der Waals surface area contributed by atoms with E-state index in [9.17, 15) is 26.4 Å². The molecule has 1 saturated heterocycles. The molecule has 0 atom stereocenters. The lowest BCUT2D eigenvalue weighted by Crippen LogP contribution is -2.41. The highest BCUT2D eigenvalue weighted by molar-refractivity contribution is 7.88. The normalized spacial score (nSPS) is 15.8. The Bertz CT molecular complexity index is 970. The predicted molar refractivity (Wildman–Crippen MR) is 101 cm³/mol. The second-order valence-corrected chi connectivity index (χ2v) is 8.47. The molecule has 1 heterocycles. The lowest BCUT2D eigenvalue weighted by Gasteiger charge is -2.26. The van der Waals surface area contributed by atoms with Crippen molar-refractivity contribution < 1.29 is 31.1 Å². The van der Waals surface area contributed by atoms with Gasteiger partial charge in [-0.3, -0.25) is 4.79 Å². The van der Waals surface area contributed by atoms with Crippen LogP contribution in [0.1, 0.15) is 21.5 Å². The van der Waals surface area contributed by atoms with E-state index in [4.69, 9.17) is 4.74 Å². The zero-order valence-electron chi connectivity index (χ0n) is 15.3. The lowest BCUT2D eigenvalue weighted by molar-refractivity contribution is -0.137. The molecule has 0 aromatic heterocycles. The standard InChI is InChI=1S/C19H19F3N2O4S/c20-19(21,22)16-2-1-3-17(12-16)23-18(25)15-6-4-14(5-7-15)13-29(26,27)24-8-10-28-11-9-24/h1-7,12H,8-11,13H2,(H,23,25). The third kappa shape index (κ3) is 5.55. The van der Waals surface area contributed by atoms with Crippen LogP contribution >= 0.6 is 0 Å². The van der Waals surface area contributed by atoms with Crippen LogP contribution in [0.2, 0.25) is 0 Å². The SMILES string of the molecule is O=C(Nc1cccc(C(F)(F)F)c1)c1ccc(CS(=O)(=O)N2CCOCC2)cc1. The van der Waals surface area contributed by atoms with Gasteiger partial charge in [-0.2, -0.15) is 17.5 Å². The van der Waals surface area contributed by atoms with Gasteiger partial charge in [-0.1, -0.05) is 18.2 Å². The first-order chi connectivity index (χ1) is 13.6. The Labute approximate surface area is 166 Å². The maximum atomic E-state index is 12.8. The molecule has 0 saturated carbocycles. The average Bonchev–Trinajstić information content (AvgIpc) is 2.68. The molecule has 0 radical (unpaired) electrons. The topological polar surface area (TPSA) is 75.7 Å². The number of nitrogens with one attached hydrogen (secondary N) is 1. The number of alkyl halides is 3. The van der Waals surface area contributed by atoms with Gasteiger partial charge in [0.25, 0.3) is 5.91 Å². The van der Waals surface area contributed by atoms with E-state index in [0.717, 1.165) is 12.1 Å². The molecule has 10 heteroatoms. The van der Waals surface area contributed by atoms with Crippen LogP contribution in [0.15, 0.2) is 48.5 Å². The van der Waals surface area contributed by atoms with Gasteiger partial charge >= 0.3 is 6.18 Å². The Morgan fingerprint density at radius 1 is 1.07 bits per heavy atom. The molecule has 2 aromatic carbocycles. The molecule has 1 amide bonds. The summed E-state index contributed by atoms with van der Waals surface area (Å²) in [6, 6.07) is 10.2. The van der Waals surface area contributed by atoms with E-state index in [-0.39, 0.29) is 17.0 Å². The molecule has 2 aromatic rings. The Hall–Kier alpha value is -2.43. The van der Waals surface area contributed by atoms with Gasteiger partial charge < -0.3 is 10.1 Å². The number of carbonyl (C=O) groups excluding carboxylic acids is 1. The first-order valence-electron chi connectivity index (χ1n) is 8.78. The molecule has 0 unspecified atom stereocenters.